The highest BCUT2D eigenvalue weighted by atomic mass is 16.7. The summed E-state index contributed by atoms with van der Waals surface area (Å²) in [4.78, 5) is 16.2. The van der Waals surface area contributed by atoms with Gasteiger partial charge in [-0.25, -0.2) is 4.79 Å². The van der Waals surface area contributed by atoms with Gasteiger partial charge in [-0.3, -0.25) is 4.90 Å². The predicted molar refractivity (Wildman–Crippen MR) is 126 cm³/mol. The lowest BCUT2D eigenvalue weighted by Crippen LogP contribution is -2.46. The number of primary amides is 1. The monoisotopic (exact) mass is 435 g/mol. The molecule has 0 bridgehead atoms. The van der Waals surface area contributed by atoms with Crippen LogP contribution in [-0.4, -0.2) is 55.0 Å². The van der Waals surface area contributed by atoms with E-state index in [2.05, 4.69) is 31.8 Å². The molecule has 0 atom stereocenters. The molecular formula is C24H29N5O3. The number of hydrogen-bond acceptors (Lipinski definition) is 5. The van der Waals surface area contributed by atoms with E-state index in [9.17, 15) is 4.79 Å². The van der Waals surface area contributed by atoms with Gasteiger partial charge in [0.15, 0.2) is 11.5 Å². The van der Waals surface area contributed by atoms with E-state index in [1.165, 1.54) is 0 Å². The van der Waals surface area contributed by atoms with E-state index >= 15 is 0 Å². The molecule has 2 aliphatic heterocycles. The normalized spacial score (nSPS) is 15.9. The number of urea groups is 1. The zero-order chi connectivity index (χ0) is 21.9. The summed E-state index contributed by atoms with van der Waals surface area (Å²) in [7, 11) is 0. The van der Waals surface area contributed by atoms with Crippen LogP contribution < -0.4 is 25.4 Å². The fourth-order valence-corrected chi connectivity index (χ4v) is 4.66. The molecule has 8 heteroatoms. The first kappa shape index (κ1) is 20.5. The molecule has 1 fully saturated rings. The number of carbonyl (C=O) groups is 1. The van der Waals surface area contributed by atoms with Crippen LogP contribution in [0.25, 0.3) is 10.9 Å². The number of piperazine rings is 1. The van der Waals surface area contributed by atoms with E-state index in [0.29, 0.717) is 6.79 Å². The summed E-state index contributed by atoms with van der Waals surface area (Å²) >= 11 is 0. The Hall–Kier alpha value is -3.39. The first-order valence-corrected chi connectivity index (χ1v) is 11.2. The lowest BCUT2D eigenvalue weighted by Gasteiger charge is -2.36. The number of aryl methyl sites for hydroxylation is 1. The molecule has 168 valence electrons. The van der Waals surface area contributed by atoms with Crippen LogP contribution in [0.1, 0.15) is 12.8 Å². The van der Waals surface area contributed by atoms with Crippen LogP contribution in [0, 0.1) is 0 Å². The third-order valence-corrected chi connectivity index (χ3v) is 6.26. The van der Waals surface area contributed by atoms with Gasteiger partial charge in [0.25, 0.3) is 0 Å². The van der Waals surface area contributed by atoms with Crippen LogP contribution in [0.15, 0.2) is 48.7 Å². The van der Waals surface area contributed by atoms with Crippen molar-refractivity contribution in [1.29, 1.82) is 0 Å². The number of rotatable bonds is 7. The minimum Gasteiger partial charge on any atom is -0.454 e. The van der Waals surface area contributed by atoms with Crippen LogP contribution in [0.5, 0.6) is 11.5 Å². The SMILES string of the molecule is NC(=O)Nc1cn(CCCCN2CCN(c3cccc4c3OCO4)CC2)c2ccccc12. The van der Waals surface area contributed by atoms with Crippen LogP contribution in [0.3, 0.4) is 0 Å². The van der Waals surface area contributed by atoms with Gasteiger partial charge in [0.05, 0.1) is 16.9 Å². The highest BCUT2D eigenvalue weighted by Crippen LogP contribution is 2.41. The molecule has 3 heterocycles. The second kappa shape index (κ2) is 9.00. The van der Waals surface area contributed by atoms with Crippen molar-refractivity contribution in [3.8, 4) is 11.5 Å². The van der Waals surface area contributed by atoms with Crippen molar-refractivity contribution < 1.29 is 14.3 Å². The average Bonchev–Trinajstić information content (AvgIpc) is 3.42. The van der Waals surface area contributed by atoms with Gasteiger partial charge in [-0.1, -0.05) is 24.3 Å². The molecule has 0 aliphatic carbocycles. The molecule has 0 saturated carbocycles. The Balaban J connectivity index is 1.11. The number of benzene rings is 2. The summed E-state index contributed by atoms with van der Waals surface area (Å²) in [6, 6.07) is 13.7. The standard InChI is InChI=1S/C24H29N5O3/c25-24(30)26-19-16-29(20-7-2-1-6-18(19)20)11-4-3-10-27-12-14-28(15-13-27)21-8-5-9-22-23(21)32-17-31-22/h1-2,5-9,16H,3-4,10-15,17H2,(H3,25,26,30). The highest BCUT2D eigenvalue weighted by Gasteiger charge is 2.24. The number of fused-ring (bicyclic) bond motifs is 2. The van der Waals surface area contributed by atoms with Gasteiger partial charge in [0.1, 0.15) is 0 Å². The molecular weight excluding hydrogens is 406 g/mol. The van der Waals surface area contributed by atoms with E-state index in [-0.39, 0.29) is 0 Å². The number of amides is 2. The summed E-state index contributed by atoms with van der Waals surface area (Å²) in [6.07, 6.45) is 4.19. The number of ether oxygens (including phenoxy) is 2. The van der Waals surface area contributed by atoms with E-state index in [0.717, 1.165) is 85.9 Å². The quantitative estimate of drug-likeness (QED) is 0.555. The van der Waals surface area contributed by atoms with Crippen molar-refractivity contribution in [3.63, 3.8) is 0 Å². The first-order valence-electron chi connectivity index (χ1n) is 11.2. The lowest BCUT2D eigenvalue weighted by atomic mass is 10.2. The van der Waals surface area contributed by atoms with Crippen LogP contribution >= 0.6 is 0 Å². The zero-order valence-corrected chi connectivity index (χ0v) is 18.1. The Morgan fingerprint density at radius 2 is 1.78 bits per heavy atom. The van der Waals surface area contributed by atoms with Crippen LogP contribution in [-0.2, 0) is 6.54 Å². The smallest absolute Gasteiger partial charge is 0.316 e. The number of nitrogens with two attached hydrogens (primary N) is 1. The molecule has 0 radical (unpaired) electrons. The number of nitrogens with zero attached hydrogens (tertiary/aromatic N) is 3. The maximum atomic E-state index is 11.3. The minimum absolute atomic E-state index is 0.309. The van der Waals surface area contributed by atoms with Gasteiger partial charge < -0.3 is 30.0 Å². The molecule has 3 aromatic rings. The topological polar surface area (TPSA) is 85.0 Å². The number of para-hydroxylation sites is 2. The molecule has 5 rings (SSSR count). The highest BCUT2D eigenvalue weighted by molar-refractivity contribution is 6.00. The molecule has 1 aromatic heterocycles. The molecule has 0 unspecified atom stereocenters. The first-order chi connectivity index (χ1) is 15.7. The number of aromatic nitrogens is 1. The summed E-state index contributed by atoms with van der Waals surface area (Å²) in [6.45, 7) is 6.38. The molecule has 1 saturated heterocycles. The van der Waals surface area contributed by atoms with Gasteiger partial charge >= 0.3 is 6.03 Å². The van der Waals surface area contributed by atoms with Crippen molar-refractivity contribution in [2.24, 2.45) is 5.73 Å². The Morgan fingerprint density at radius 3 is 2.62 bits per heavy atom. The molecule has 2 amide bonds. The molecule has 2 aliphatic rings. The van der Waals surface area contributed by atoms with Crippen molar-refractivity contribution in [1.82, 2.24) is 9.47 Å². The molecule has 3 N–H and O–H groups in total. The number of anilines is 2. The van der Waals surface area contributed by atoms with Crippen molar-refractivity contribution in [2.75, 3.05) is 49.7 Å². The fraction of sp³-hybridized carbons (Fsp3) is 0.375. The third kappa shape index (κ3) is 4.18. The molecule has 32 heavy (non-hydrogen) atoms. The van der Waals surface area contributed by atoms with Crippen molar-refractivity contribution >= 4 is 28.3 Å². The Morgan fingerprint density at radius 1 is 0.969 bits per heavy atom. The average molecular weight is 436 g/mol. The van der Waals surface area contributed by atoms with Gasteiger partial charge in [-0.15, -0.1) is 0 Å². The van der Waals surface area contributed by atoms with E-state index in [1.54, 1.807) is 0 Å². The van der Waals surface area contributed by atoms with Gasteiger partial charge in [-0.05, 0) is 37.6 Å². The van der Waals surface area contributed by atoms with Gasteiger partial charge in [0, 0.05) is 44.3 Å². The van der Waals surface area contributed by atoms with Crippen molar-refractivity contribution in [3.05, 3.63) is 48.7 Å². The Labute approximate surface area is 187 Å². The summed E-state index contributed by atoms with van der Waals surface area (Å²) in [5, 5.41) is 3.75. The van der Waals surface area contributed by atoms with Gasteiger partial charge in [-0.2, -0.15) is 0 Å². The van der Waals surface area contributed by atoms with Crippen LogP contribution in [0.4, 0.5) is 16.2 Å². The predicted octanol–water partition coefficient (Wildman–Crippen LogP) is 3.46. The fourth-order valence-electron chi connectivity index (χ4n) is 4.66. The van der Waals surface area contributed by atoms with Crippen molar-refractivity contribution in [2.45, 2.75) is 19.4 Å². The second-order valence-corrected chi connectivity index (χ2v) is 8.29. The lowest BCUT2D eigenvalue weighted by molar-refractivity contribution is 0.174. The number of carbonyl (C=O) groups excluding carboxylic acids is 1. The number of hydrogen-bond donors (Lipinski definition) is 2. The largest absolute Gasteiger partial charge is 0.454 e. The number of unbranched alkanes of at least 4 members (excludes halogenated alkanes) is 1. The Kier molecular flexibility index (Phi) is 5.77. The minimum atomic E-state index is -0.536. The van der Waals surface area contributed by atoms with Gasteiger partial charge in [0.2, 0.25) is 6.79 Å². The number of nitrogens with one attached hydrogen (secondary N) is 1. The van der Waals surface area contributed by atoms with Crippen LogP contribution in [0.2, 0.25) is 0 Å². The summed E-state index contributed by atoms with van der Waals surface area (Å²) in [5.41, 5.74) is 8.35. The summed E-state index contributed by atoms with van der Waals surface area (Å²) < 4.78 is 13.4. The van der Waals surface area contributed by atoms with E-state index in [4.69, 9.17) is 15.2 Å². The maximum Gasteiger partial charge on any atom is 0.316 e. The summed E-state index contributed by atoms with van der Waals surface area (Å²) in [5.74, 6) is 1.72. The Bertz CT molecular complexity index is 1100. The molecule has 8 nitrogen and oxygen atoms in total. The van der Waals surface area contributed by atoms with E-state index < -0.39 is 6.03 Å². The second-order valence-electron chi connectivity index (χ2n) is 8.29. The molecule has 2 aromatic carbocycles. The molecule has 0 spiro atoms. The maximum absolute atomic E-state index is 11.3. The zero-order valence-electron chi connectivity index (χ0n) is 18.1. The van der Waals surface area contributed by atoms with E-state index in [1.807, 2.05) is 36.5 Å². The third-order valence-electron chi connectivity index (χ3n) is 6.26.